The summed E-state index contributed by atoms with van der Waals surface area (Å²) in [6.07, 6.45) is 7.07. The van der Waals surface area contributed by atoms with Crippen LogP contribution in [0.25, 0.3) is 0 Å². The number of amides is 1. The first-order valence-electron chi connectivity index (χ1n) is 12.2. The Labute approximate surface area is 203 Å². The van der Waals surface area contributed by atoms with E-state index in [2.05, 4.69) is 10.8 Å². The second-order valence-electron chi connectivity index (χ2n) is 9.72. The van der Waals surface area contributed by atoms with Gasteiger partial charge in [-0.3, -0.25) is 9.52 Å². The Kier molecular flexibility index (Phi) is 7.57. The van der Waals surface area contributed by atoms with Crippen molar-refractivity contribution in [3.63, 3.8) is 0 Å². The number of nitrogens with zero attached hydrogens (tertiary/aromatic N) is 2. The van der Waals surface area contributed by atoms with Gasteiger partial charge in [-0.15, -0.1) is 0 Å². The smallest absolute Gasteiger partial charge is 0.253 e. The maximum Gasteiger partial charge on any atom is 0.253 e. The highest BCUT2D eigenvalue weighted by molar-refractivity contribution is 7.92. The summed E-state index contributed by atoms with van der Waals surface area (Å²) >= 11 is 0. The highest BCUT2D eigenvalue weighted by Gasteiger charge is 2.26. The lowest BCUT2D eigenvalue weighted by Crippen LogP contribution is -2.38. The number of carbonyl (C=O) groups is 1. The largest absolute Gasteiger partial charge is 0.339 e. The van der Waals surface area contributed by atoms with E-state index in [1.165, 1.54) is 12.0 Å². The Hall–Kier alpha value is -2.85. The van der Waals surface area contributed by atoms with Crippen LogP contribution in [0.3, 0.4) is 0 Å². The van der Waals surface area contributed by atoms with Crippen LogP contribution < -0.4 is 4.72 Å². The number of benzene rings is 2. The van der Waals surface area contributed by atoms with Gasteiger partial charge in [-0.05, 0) is 79.8 Å². The van der Waals surface area contributed by atoms with Gasteiger partial charge in [0.15, 0.2) is 0 Å². The van der Waals surface area contributed by atoms with E-state index in [0.717, 1.165) is 44.1 Å². The first-order valence-corrected chi connectivity index (χ1v) is 13.9. The van der Waals surface area contributed by atoms with Gasteiger partial charge in [0.2, 0.25) is 10.0 Å². The molecule has 2 fully saturated rings. The van der Waals surface area contributed by atoms with Crippen LogP contribution in [0.15, 0.2) is 42.5 Å². The number of sulfonamides is 1. The summed E-state index contributed by atoms with van der Waals surface area (Å²) in [5, 5.41) is 8.98. The van der Waals surface area contributed by atoms with Crippen molar-refractivity contribution in [2.75, 3.05) is 23.6 Å². The summed E-state index contributed by atoms with van der Waals surface area (Å²) in [7, 11) is -3.46. The predicted octanol–water partition coefficient (Wildman–Crippen LogP) is 5.21. The lowest BCUT2D eigenvalue weighted by atomic mass is 9.89. The SMILES string of the molecule is Cc1ccc(C(=O)N2CCC(c3ccc(C#N)cc3)CC2)cc1NS(=O)(=O)CC1CCCCC1. The van der Waals surface area contributed by atoms with E-state index in [9.17, 15) is 13.2 Å². The standard InChI is InChI=1S/C27H33N3O3S/c1-20-7-10-25(17-26(20)29-34(32,33)19-22-5-3-2-4-6-22)27(31)30-15-13-24(14-16-30)23-11-8-21(18-28)9-12-23/h7-12,17,22,24,29H,2-6,13-16,19H2,1H3. The molecule has 180 valence electrons. The Morgan fingerprint density at radius 3 is 2.35 bits per heavy atom. The molecule has 1 saturated carbocycles. The van der Waals surface area contributed by atoms with E-state index < -0.39 is 10.0 Å². The molecule has 7 heteroatoms. The van der Waals surface area contributed by atoms with E-state index in [1.54, 1.807) is 12.1 Å². The van der Waals surface area contributed by atoms with E-state index in [1.807, 2.05) is 42.2 Å². The molecule has 2 aromatic carbocycles. The molecule has 1 aliphatic heterocycles. The zero-order valence-electron chi connectivity index (χ0n) is 19.8. The monoisotopic (exact) mass is 479 g/mol. The molecule has 0 atom stereocenters. The molecule has 6 nitrogen and oxygen atoms in total. The van der Waals surface area contributed by atoms with Crippen molar-refractivity contribution < 1.29 is 13.2 Å². The molecular formula is C27H33N3O3S. The third kappa shape index (κ3) is 5.98. The van der Waals surface area contributed by atoms with Crippen LogP contribution in [-0.4, -0.2) is 38.1 Å². The van der Waals surface area contributed by atoms with Gasteiger partial charge in [-0.1, -0.05) is 37.5 Å². The molecule has 0 aromatic heterocycles. The van der Waals surface area contributed by atoms with Gasteiger partial charge < -0.3 is 4.90 Å². The van der Waals surface area contributed by atoms with Crippen molar-refractivity contribution in [3.8, 4) is 6.07 Å². The van der Waals surface area contributed by atoms with Crippen LogP contribution in [0.2, 0.25) is 0 Å². The van der Waals surface area contributed by atoms with Gasteiger partial charge in [-0.25, -0.2) is 8.42 Å². The highest BCUT2D eigenvalue weighted by atomic mass is 32.2. The van der Waals surface area contributed by atoms with E-state index in [-0.39, 0.29) is 17.6 Å². The summed E-state index contributed by atoms with van der Waals surface area (Å²) < 4.78 is 28.3. The van der Waals surface area contributed by atoms with Gasteiger partial charge in [0.25, 0.3) is 5.91 Å². The van der Waals surface area contributed by atoms with Gasteiger partial charge in [0.1, 0.15) is 0 Å². The maximum absolute atomic E-state index is 13.2. The predicted molar refractivity (Wildman–Crippen MR) is 134 cm³/mol. The van der Waals surface area contributed by atoms with Crippen molar-refractivity contribution in [1.29, 1.82) is 5.26 Å². The van der Waals surface area contributed by atoms with Crippen molar-refractivity contribution in [1.82, 2.24) is 4.90 Å². The van der Waals surface area contributed by atoms with Gasteiger partial charge in [-0.2, -0.15) is 5.26 Å². The summed E-state index contributed by atoms with van der Waals surface area (Å²) in [5.41, 5.74) is 3.67. The van der Waals surface area contributed by atoms with Crippen LogP contribution in [0.4, 0.5) is 5.69 Å². The molecule has 1 aliphatic carbocycles. The van der Waals surface area contributed by atoms with Gasteiger partial charge in [0, 0.05) is 18.7 Å². The average molecular weight is 480 g/mol. The molecule has 0 spiro atoms. The third-order valence-electron chi connectivity index (χ3n) is 7.22. The number of hydrogen-bond acceptors (Lipinski definition) is 4. The lowest BCUT2D eigenvalue weighted by Gasteiger charge is -2.32. The van der Waals surface area contributed by atoms with Crippen LogP contribution in [0.5, 0.6) is 0 Å². The summed E-state index contributed by atoms with van der Waals surface area (Å²) in [6.45, 7) is 3.16. The summed E-state index contributed by atoms with van der Waals surface area (Å²) in [5.74, 6) is 0.671. The molecule has 4 rings (SSSR count). The summed E-state index contributed by atoms with van der Waals surface area (Å²) in [4.78, 5) is 15.0. The van der Waals surface area contributed by atoms with Crippen molar-refractivity contribution in [3.05, 3.63) is 64.7 Å². The molecule has 1 amide bonds. The number of nitrogens with one attached hydrogen (secondary N) is 1. The van der Waals surface area contributed by atoms with Gasteiger partial charge in [0.05, 0.1) is 23.1 Å². The molecule has 0 unspecified atom stereocenters. The zero-order valence-corrected chi connectivity index (χ0v) is 20.6. The third-order valence-corrected chi connectivity index (χ3v) is 8.66. The minimum atomic E-state index is -3.46. The number of likely N-dealkylation sites (tertiary alicyclic amines) is 1. The first-order chi connectivity index (χ1) is 16.3. The molecule has 2 aliphatic rings. The number of carbonyl (C=O) groups excluding carboxylic acids is 1. The second-order valence-corrected chi connectivity index (χ2v) is 11.5. The number of piperidine rings is 1. The van der Waals surface area contributed by atoms with Crippen LogP contribution in [-0.2, 0) is 10.0 Å². The number of aryl methyl sites for hydroxylation is 1. The fourth-order valence-electron chi connectivity index (χ4n) is 5.17. The number of hydrogen-bond donors (Lipinski definition) is 1. The van der Waals surface area contributed by atoms with Crippen LogP contribution >= 0.6 is 0 Å². The number of rotatable bonds is 6. The average Bonchev–Trinajstić information content (AvgIpc) is 2.85. The van der Waals surface area contributed by atoms with Crippen LogP contribution in [0, 0.1) is 24.2 Å². The molecule has 1 saturated heterocycles. The van der Waals surface area contributed by atoms with E-state index in [4.69, 9.17) is 5.26 Å². The topological polar surface area (TPSA) is 90.3 Å². The van der Waals surface area contributed by atoms with Gasteiger partial charge >= 0.3 is 0 Å². The number of anilines is 1. The number of nitriles is 1. The van der Waals surface area contributed by atoms with Crippen molar-refractivity contribution >= 4 is 21.6 Å². The second kappa shape index (κ2) is 10.6. The molecule has 1 N–H and O–H groups in total. The Balaban J connectivity index is 1.39. The molecule has 2 aromatic rings. The molecule has 1 heterocycles. The van der Waals surface area contributed by atoms with Crippen molar-refractivity contribution in [2.45, 2.75) is 57.8 Å². The molecular weight excluding hydrogens is 446 g/mol. The fraction of sp³-hybridized carbons (Fsp3) is 0.481. The summed E-state index contributed by atoms with van der Waals surface area (Å²) in [6, 6.07) is 15.1. The quantitative estimate of drug-likeness (QED) is 0.616. The Morgan fingerprint density at radius 1 is 1.03 bits per heavy atom. The fourth-order valence-corrected chi connectivity index (χ4v) is 6.76. The van der Waals surface area contributed by atoms with Crippen LogP contribution in [0.1, 0.15) is 77.9 Å². The Bertz CT molecular complexity index is 1150. The minimum absolute atomic E-state index is 0.0639. The molecule has 0 bridgehead atoms. The maximum atomic E-state index is 13.2. The van der Waals surface area contributed by atoms with E-state index >= 15 is 0 Å². The zero-order chi connectivity index (χ0) is 24.1. The molecule has 34 heavy (non-hydrogen) atoms. The molecule has 0 radical (unpaired) electrons. The normalized spacial score (nSPS) is 17.8. The van der Waals surface area contributed by atoms with E-state index in [0.29, 0.717) is 35.8 Å². The lowest BCUT2D eigenvalue weighted by molar-refractivity contribution is 0.0713. The minimum Gasteiger partial charge on any atom is -0.339 e. The first kappa shape index (κ1) is 24.3. The van der Waals surface area contributed by atoms with Crippen molar-refractivity contribution in [2.24, 2.45) is 5.92 Å². The Morgan fingerprint density at radius 2 is 1.71 bits per heavy atom. The highest BCUT2D eigenvalue weighted by Crippen LogP contribution is 2.30.